The number of fused-ring (bicyclic) bond motifs is 2. The minimum atomic E-state index is -3.55. The smallest absolute Gasteiger partial charge is 0.240 e. The zero-order chi connectivity index (χ0) is 15.2. The molecule has 0 radical (unpaired) electrons. The Morgan fingerprint density at radius 1 is 1.43 bits per heavy atom. The molecule has 0 spiro atoms. The summed E-state index contributed by atoms with van der Waals surface area (Å²) in [7, 11) is -3.55. The maximum Gasteiger partial charge on any atom is 0.240 e. The first-order valence-electron chi connectivity index (χ1n) is 6.95. The molecule has 2 bridgehead atoms. The van der Waals surface area contributed by atoms with E-state index in [4.69, 9.17) is 22.7 Å². The summed E-state index contributed by atoms with van der Waals surface area (Å²) in [6, 6.07) is 4.68. The summed E-state index contributed by atoms with van der Waals surface area (Å²) in [5.74, 6) is 0. The second-order valence-corrected chi connectivity index (χ2v) is 7.83. The average molecular weight is 326 g/mol. The molecule has 1 aromatic rings. The first-order valence-corrected chi connectivity index (χ1v) is 8.84. The van der Waals surface area contributed by atoms with Gasteiger partial charge in [0.2, 0.25) is 10.0 Å². The van der Waals surface area contributed by atoms with E-state index in [9.17, 15) is 8.42 Å². The molecule has 1 aromatic carbocycles. The molecule has 0 saturated carbocycles. The number of benzene rings is 1. The van der Waals surface area contributed by atoms with Gasteiger partial charge in [0.1, 0.15) is 4.99 Å². The molecule has 3 rings (SSSR count). The highest BCUT2D eigenvalue weighted by atomic mass is 32.2. The summed E-state index contributed by atoms with van der Waals surface area (Å²) in [6.45, 7) is 1.80. The molecule has 21 heavy (non-hydrogen) atoms. The van der Waals surface area contributed by atoms with Crippen molar-refractivity contribution in [3.63, 3.8) is 0 Å². The Hall–Kier alpha value is -1.02. The van der Waals surface area contributed by atoms with Gasteiger partial charge < -0.3 is 10.5 Å². The van der Waals surface area contributed by atoms with Gasteiger partial charge >= 0.3 is 0 Å². The van der Waals surface area contributed by atoms with E-state index in [1.54, 1.807) is 19.1 Å². The molecule has 3 atom stereocenters. The van der Waals surface area contributed by atoms with E-state index in [-0.39, 0.29) is 28.1 Å². The van der Waals surface area contributed by atoms with Gasteiger partial charge in [0.25, 0.3) is 0 Å². The first kappa shape index (κ1) is 14.9. The van der Waals surface area contributed by atoms with Gasteiger partial charge in [-0.05, 0) is 43.9 Å². The maximum atomic E-state index is 12.5. The molecule has 0 aliphatic carbocycles. The number of hydrogen-bond acceptors (Lipinski definition) is 4. The number of rotatable bonds is 4. The summed E-state index contributed by atoms with van der Waals surface area (Å²) < 4.78 is 33.4. The molecular weight excluding hydrogens is 308 g/mol. The number of ether oxygens (including phenoxy) is 1. The largest absolute Gasteiger partial charge is 0.389 e. The minimum absolute atomic E-state index is 0.0155. The van der Waals surface area contributed by atoms with Crippen LogP contribution in [0, 0.1) is 6.92 Å². The molecule has 5 nitrogen and oxygen atoms in total. The van der Waals surface area contributed by atoms with Crippen molar-refractivity contribution in [1.29, 1.82) is 0 Å². The molecule has 7 heteroatoms. The average Bonchev–Trinajstić information content (AvgIpc) is 2.99. The van der Waals surface area contributed by atoms with Gasteiger partial charge in [-0.25, -0.2) is 13.1 Å². The first-order chi connectivity index (χ1) is 9.87. The lowest BCUT2D eigenvalue weighted by Crippen LogP contribution is -2.41. The number of nitrogens with one attached hydrogen (secondary N) is 1. The SMILES string of the molecule is Cc1cc(S(=O)(=O)NC2CC3CCC2O3)ccc1C(N)=S. The van der Waals surface area contributed by atoms with Crippen LogP contribution in [0.5, 0.6) is 0 Å². The summed E-state index contributed by atoms with van der Waals surface area (Å²) >= 11 is 4.93. The van der Waals surface area contributed by atoms with Crippen LogP contribution < -0.4 is 10.5 Å². The molecule has 0 amide bonds. The zero-order valence-corrected chi connectivity index (χ0v) is 13.3. The number of nitrogens with two attached hydrogens (primary N) is 1. The van der Waals surface area contributed by atoms with Crippen molar-refractivity contribution in [2.24, 2.45) is 5.73 Å². The molecule has 114 valence electrons. The summed E-state index contributed by atoms with van der Waals surface area (Å²) in [4.78, 5) is 0.508. The lowest BCUT2D eigenvalue weighted by molar-refractivity contribution is 0.0996. The predicted octanol–water partition coefficient (Wildman–Crippen LogP) is 1.23. The Morgan fingerprint density at radius 2 is 2.19 bits per heavy atom. The summed E-state index contributed by atoms with van der Waals surface area (Å²) in [5.41, 5.74) is 7.06. The fourth-order valence-electron chi connectivity index (χ4n) is 3.11. The molecule has 2 aliphatic heterocycles. The zero-order valence-electron chi connectivity index (χ0n) is 11.7. The third-order valence-electron chi connectivity index (χ3n) is 4.19. The number of hydrogen-bond donors (Lipinski definition) is 2. The number of sulfonamides is 1. The summed E-state index contributed by atoms with van der Waals surface area (Å²) in [6.07, 6.45) is 2.94. The normalized spacial score (nSPS) is 28.0. The van der Waals surface area contributed by atoms with Gasteiger partial charge in [0.15, 0.2) is 0 Å². The van der Waals surface area contributed by atoms with E-state index in [1.807, 2.05) is 0 Å². The molecule has 0 aromatic heterocycles. The fourth-order valence-corrected chi connectivity index (χ4v) is 4.70. The van der Waals surface area contributed by atoms with Crippen LogP contribution in [-0.4, -0.2) is 31.7 Å². The molecule has 2 fully saturated rings. The van der Waals surface area contributed by atoms with E-state index in [0.29, 0.717) is 5.56 Å². The van der Waals surface area contributed by atoms with Gasteiger partial charge in [-0.15, -0.1) is 0 Å². The van der Waals surface area contributed by atoms with Crippen molar-refractivity contribution in [3.8, 4) is 0 Å². The Morgan fingerprint density at radius 3 is 2.71 bits per heavy atom. The quantitative estimate of drug-likeness (QED) is 0.813. The molecule has 2 aliphatic rings. The Bertz CT molecular complexity index is 687. The highest BCUT2D eigenvalue weighted by Gasteiger charge is 2.42. The van der Waals surface area contributed by atoms with Crippen LogP contribution in [0.15, 0.2) is 23.1 Å². The Labute approximate surface area is 129 Å². The third-order valence-corrected chi connectivity index (χ3v) is 5.89. The van der Waals surface area contributed by atoms with E-state index in [1.165, 1.54) is 6.07 Å². The Balaban J connectivity index is 1.82. The lowest BCUT2D eigenvalue weighted by Gasteiger charge is -2.20. The number of thiocarbonyl (C=S) groups is 1. The second kappa shape index (κ2) is 5.31. The van der Waals surface area contributed by atoms with E-state index < -0.39 is 10.0 Å². The van der Waals surface area contributed by atoms with Crippen LogP contribution in [0.25, 0.3) is 0 Å². The van der Waals surface area contributed by atoms with Crippen LogP contribution >= 0.6 is 12.2 Å². The molecule has 2 heterocycles. The standard InChI is InChI=1S/C14H18N2O3S2/c1-8-6-10(3-4-11(8)14(15)20)21(17,18)16-12-7-9-2-5-13(12)19-9/h3-4,6,9,12-13,16H,2,5,7H2,1H3,(H2,15,20). The lowest BCUT2D eigenvalue weighted by atomic mass is 9.96. The highest BCUT2D eigenvalue weighted by molar-refractivity contribution is 7.89. The van der Waals surface area contributed by atoms with E-state index in [0.717, 1.165) is 24.8 Å². The van der Waals surface area contributed by atoms with Crippen LogP contribution in [0.4, 0.5) is 0 Å². The second-order valence-electron chi connectivity index (χ2n) is 5.68. The molecular formula is C14H18N2O3S2. The van der Waals surface area contributed by atoms with Crippen molar-refractivity contribution in [2.45, 2.75) is 49.3 Å². The van der Waals surface area contributed by atoms with E-state index >= 15 is 0 Å². The van der Waals surface area contributed by atoms with Crippen LogP contribution in [-0.2, 0) is 14.8 Å². The van der Waals surface area contributed by atoms with Crippen molar-refractivity contribution in [3.05, 3.63) is 29.3 Å². The highest BCUT2D eigenvalue weighted by Crippen LogP contribution is 2.35. The number of aryl methyl sites for hydroxylation is 1. The molecule has 2 saturated heterocycles. The fraction of sp³-hybridized carbons (Fsp3) is 0.500. The van der Waals surface area contributed by atoms with Crippen molar-refractivity contribution >= 4 is 27.2 Å². The van der Waals surface area contributed by atoms with Gasteiger partial charge in [-0.3, -0.25) is 0 Å². The van der Waals surface area contributed by atoms with E-state index in [2.05, 4.69) is 4.72 Å². The van der Waals surface area contributed by atoms with Crippen molar-refractivity contribution in [2.75, 3.05) is 0 Å². The van der Waals surface area contributed by atoms with Crippen LogP contribution in [0.2, 0.25) is 0 Å². The van der Waals surface area contributed by atoms with Crippen LogP contribution in [0.1, 0.15) is 30.4 Å². The van der Waals surface area contributed by atoms with Gasteiger partial charge in [-0.1, -0.05) is 18.3 Å². The van der Waals surface area contributed by atoms with Gasteiger partial charge in [0, 0.05) is 5.56 Å². The molecule has 3 N–H and O–H groups in total. The maximum absolute atomic E-state index is 12.5. The molecule has 3 unspecified atom stereocenters. The third kappa shape index (κ3) is 2.83. The van der Waals surface area contributed by atoms with Crippen molar-refractivity contribution in [1.82, 2.24) is 4.72 Å². The van der Waals surface area contributed by atoms with Crippen molar-refractivity contribution < 1.29 is 13.2 Å². The van der Waals surface area contributed by atoms with Gasteiger partial charge in [0.05, 0.1) is 23.1 Å². The monoisotopic (exact) mass is 326 g/mol. The minimum Gasteiger partial charge on any atom is -0.389 e. The van der Waals surface area contributed by atoms with Gasteiger partial charge in [-0.2, -0.15) is 0 Å². The Kier molecular flexibility index (Phi) is 3.77. The predicted molar refractivity (Wildman–Crippen MR) is 83.7 cm³/mol. The van der Waals surface area contributed by atoms with Crippen LogP contribution in [0.3, 0.4) is 0 Å². The topological polar surface area (TPSA) is 81.4 Å². The summed E-state index contributed by atoms with van der Waals surface area (Å²) in [5, 5.41) is 0.